The Morgan fingerprint density at radius 1 is 0.660 bits per heavy atom. The van der Waals surface area contributed by atoms with Crippen LogP contribution in [-0.2, 0) is 92.5 Å². The highest BCUT2D eigenvalue weighted by Gasteiger charge is 2.39. The maximum Gasteiger partial charge on any atom is 0.510 e. The molecule has 0 radical (unpaired) electrons. The summed E-state index contributed by atoms with van der Waals surface area (Å²) in [5.41, 5.74) is 14.1. The van der Waals surface area contributed by atoms with Crippen molar-refractivity contribution in [3.63, 3.8) is 0 Å². The summed E-state index contributed by atoms with van der Waals surface area (Å²) in [6.07, 6.45) is 2.64. The number of aromatic nitrogens is 12. The van der Waals surface area contributed by atoms with Crippen LogP contribution >= 0.6 is 15.2 Å². The second kappa shape index (κ2) is 38.6. The van der Waals surface area contributed by atoms with Crippen LogP contribution in [0.1, 0.15) is 113 Å². The molecule has 7 aromatic rings. The number of hydrogen-bond donors (Lipinski definition) is 8. The molecule has 0 bridgehead atoms. The molecule has 0 aromatic carbocycles. The zero-order chi connectivity index (χ0) is 78.6. The molecular formula is C64H94N14O26P2. The van der Waals surface area contributed by atoms with Gasteiger partial charge >= 0.3 is 45.1 Å². The molecule has 1 unspecified atom stereocenters. The molecule has 10 N–H and O–H groups in total. The molecular weight excluding hydrogens is 1440 g/mol. The van der Waals surface area contributed by atoms with Crippen molar-refractivity contribution in [1.82, 2.24) is 58.1 Å². The molecule has 2 aliphatic rings. The molecule has 1 aliphatic carbocycles. The van der Waals surface area contributed by atoms with Crippen LogP contribution in [0.2, 0.25) is 0 Å². The van der Waals surface area contributed by atoms with Crippen molar-refractivity contribution in [1.29, 1.82) is 0 Å². The normalized spacial score (nSPS) is 17.8. The number of aliphatic hydroxyl groups excluding tert-OH is 4. The number of anilines is 2. The van der Waals surface area contributed by atoms with Crippen LogP contribution in [0.4, 0.5) is 21.0 Å². The number of ether oxygens (including phenoxy) is 9. The van der Waals surface area contributed by atoms with E-state index in [2.05, 4.69) is 46.5 Å². The van der Waals surface area contributed by atoms with E-state index < -0.39 is 144 Å². The van der Waals surface area contributed by atoms with Crippen molar-refractivity contribution in [2.75, 3.05) is 71.2 Å². The molecule has 8 heterocycles. The Morgan fingerprint density at radius 2 is 1.17 bits per heavy atom. The summed E-state index contributed by atoms with van der Waals surface area (Å²) < 4.78 is 98.8. The van der Waals surface area contributed by atoms with Gasteiger partial charge in [-0.15, -0.1) is 0 Å². The number of hydrogen-bond acceptors (Lipinski definition) is 34. The number of nitrogen functional groups attached to an aromatic ring is 2. The second-order valence-electron chi connectivity index (χ2n) is 26.6. The molecule has 1 saturated carbocycles. The molecule has 40 nitrogen and oxygen atoms in total. The quantitative estimate of drug-likeness (QED) is 0.00766. The van der Waals surface area contributed by atoms with E-state index in [1.165, 1.54) is 17.1 Å². The van der Waals surface area contributed by atoms with Crippen LogP contribution in [0.5, 0.6) is 0 Å². The Kier molecular flexibility index (Phi) is 31.3. The molecule has 0 spiro atoms. The fraction of sp³-hybridized carbons (Fsp3) is 0.578. The minimum atomic E-state index is -4.05. The first-order valence-electron chi connectivity index (χ1n) is 33.0. The minimum Gasteiger partial charge on any atom is -0.438 e. The lowest BCUT2D eigenvalue weighted by Crippen LogP contribution is -2.33. The van der Waals surface area contributed by atoms with E-state index in [0.29, 0.717) is 70.2 Å². The van der Waals surface area contributed by atoms with Crippen molar-refractivity contribution in [2.24, 2.45) is 16.7 Å². The molecule has 9 rings (SSSR count). The van der Waals surface area contributed by atoms with Gasteiger partial charge in [0.1, 0.15) is 41.9 Å². The molecule has 1 aliphatic heterocycles. The fourth-order valence-corrected chi connectivity index (χ4v) is 11.7. The summed E-state index contributed by atoms with van der Waals surface area (Å²) in [4.78, 5) is 112. The number of aromatic amines is 2. The van der Waals surface area contributed by atoms with Crippen molar-refractivity contribution in [3.8, 4) is 0 Å². The van der Waals surface area contributed by atoms with E-state index in [-0.39, 0.29) is 49.3 Å². The predicted molar refractivity (Wildman–Crippen MR) is 376 cm³/mol. The number of esters is 2. The Morgan fingerprint density at radius 3 is 1.67 bits per heavy atom. The molecule has 2 fully saturated rings. The third kappa shape index (κ3) is 24.9. The van der Waals surface area contributed by atoms with Crippen molar-refractivity contribution >= 4 is 84.3 Å². The monoisotopic (exact) mass is 1540 g/mol. The van der Waals surface area contributed by atoms with Crippen LogP contribution in [0.25, 0.3) is 33.5 Å². The number of H-pyrrole nitrogens is 2. The second-order valence-corrected chi connectivity index (χ2v) is 30.6. The number of pyridine rings is 2. The highest BCUT2D eigenvalue weighted by molar-refractivity contribution is 7.53. The van der Waals surface area contributed by atoms with Gasteiger partial charge in [-0.1, -0.05) is 6.58 Å². The number of nitrogens with two attached hydrogens (primary N) is 2. The maximum absolute atomic E-state index is 13.1. The molecule has 42 heteroatoms. The van der Waals surface area contributed by atoms with Crippen LogP contribution in [0.3, 0.4) is 0 Å². The molecule has 0 amide bonds. The lowest BCUT2D eigenvalue weighted by molar-refractivity contribution is -0.162. The Hall–Kier alpha value is -8.89. The van der Waals surface area contributed by atoms with E-state index in [9.17, 15) is 58.0 Å². The average molecular weight is 1540 g/mol. The summed E-state index contributed by atoms with van der Waals surface area (Å²) in [6, 6.07) is 3.09. The average Bonchev–Trinajstić information content (AvgIpc) is 1.63. The van der Waals surface area contributed by atoms with E-state index >= 15 is 0 Å². The first-order valence-corrected chi connectivity index (χ1v) is 36.5. The molecule has 7 aromatic heterocycles. The lowest BCUT2D eigenvalue weighted by atomic mass is 9.98. The summed E-state index contributed by atoms with van der Waals surface area (Å²) in [7, 11) is -7.98. The van der Waals surface area contributed by atoms with Crippen LogP contribution < -0.4 is 28.3 Å². The predicted octanol–water partition coefficient (Wildman–Crippen LogP) is 5.33. The third-order valence-corrected chi connectivity index (χ3v) is 18.1. The standard InChI is InChI=1S/C21H33N4O8P.C20H31N4O10P.C13H16N4O3.C10H14N2O5/c1-20(2,3)18(26)30-12-32-34(28,33-13-31-19(27)21(4,5)6)14-29-10-9-25-11-24-16-15(22)7-8-23-17(16)25;1-13(2)33-19(25)28-10-31-35(27,32-11-29-20(26)34-14(3)4)12-30-15(5)8-24-9-23-17-16(21)6-7-22-18(17)24;1-6-8(4-18)10(19)3-9(6)17-5-14-11-12(17)15-7(2)16-13(11)20;1-5-3-12(10(16)11-9(5)15)8-2-6(14)7(4-13)17-8/h7-8,11H,9-10,12-14H2,1-6H3,(H2,22,23);6-7,9,13-15H,8,10-12H2,1-5H3,(H2,21,22);5,8-10,18-19H,1,3-4H2,2H3,(H,15,16,20);3,6-8,13-14H,2,4H2,1H3,(H,11,15,16)/t;15-;8-,9-,10-;6?,7-,8-/m.100/s1. The highest BCUT2D eigenvalue weighted by atomic mass is 31.2. The fourth-order valence-electron chi connectivity index (χ4n) is 9.57. The number of rotatable bonds is 28. The number of imidazole rings is 3. The van der Waals surface area contributed by atoms with Crippen LogP contribution in [-0.4, -0.2) is 199 Å². The largest absolute Gasteiger partial charge is 0.510 e. The number of carbonyl (C=O) groups is 4. The Bertz CT molecular complexity index is 4340. The summed E-state index contributed by atoms with van der Waals surface area (Å²) in [5, 5.41) is 37.8. The molecule has 7 atom stereocenters. The number of fused-ring (bicyclic) bond motifs is 3. The van der Waals surface area contributed by atoms with Gasteiger partial charge in [-0.3, -0.25) is 56.0 Å². The number of aryl methyl sites for hydroxylation is 2. The van der Waals surface area contributed by atoms with E-state index in [4.69, 9.17) is 77.3 Å². The summed E-state index contributed by atoms with van der Waals surface area (Å²) >= 11 is 0. The van der Waals surface area contributed by atoms with Gasteiger partial charge in [0.25, 0.3) is 11.1 Å². The van der Waals surface area contributed by atoms with Gasteiger partial charge in [0, 0.05) is 43.0 Å². The molecule has 1 saturated heterocycles. The summed E-state index contributed by atoms with van der Waals surface area (Å²) in [5.74, 6) is -0.927. The van der Waals surface area contributed by atoms with Gasteiger partial charge in [0.15, 0.2) is 22.5 Å². The first-order chi connectivity index (χ1) is 49.8. The Balaban J connectivity index is 0.000000230. The van der Waals surface area contributed by atoms with E-state index in [0.717, 1.165) is 5.57 Å². The zero-order valence-electron chi connectivity index (χ0n) is 61.0. The van der Waals surface area contributed by atoms with Crippen molar-refractivity contribution in [3.05, 3.63) is 104 Å². The van der Waals surface area contributed by atoms with Gasteiger partial charge in [-0.2, -0.15) is 0 Å². The van der Waals surface area contributed by atoms with Crippen molar-refractivity contribution < 1.29 is 109 Å². The van der Waals surface area contributed by atoms with Gasteiger partial charge in [0.05, 0.1) is 104 Å². The smallest absolute Gasteiger partial charge is 0.438 e. The lowest BCUT2D eigenvalue weighted by Gasteiger charge is -2.22. The topological polar surface area (TPSA) is 535 Å². The third-order valence-electron chi connectivity index (χ3n) is 15.1. The van der Waals surface area contributed by atoms with Gasteiger partial charge in [-0.25, -0.2) is 44.3 Å². The van der Waals surface area contributed by atoms with Crippen LogP contribution in [0, 0.1) is 30.6 Å². The summed E-state index contributed by atoms with van der Waals surface area (Å²) in [6.45, 7) is 23.1. The molecule has 586 valence electrons. The number of aliphatic hydroxyl groups is 4. The van der Waals surface area contributed by atoms with Crippen LogP contribution in [0.15, 0.2) is 76.2 Å². The number of nitrogens with zero attached hydrogens (tertiary/aromatic N) is 10. The van der Waals surface area contributed by atoms with E-state index in [1.54, 1.807) is 141 Å². The Labute approximate surface area is 606 Å². The number of nitrogens with one attached hydrogen (secondary N) is 2. The zero-order valence-corrected chi connectivity index (χ0v) is 62.8. The number of carbonyl (C=O) groups excluding carboxylic acids is 4. The van der Waals surface area contributed by atoms with Gasteiger partial charge < -0.3 is 93.2 Å². The molecule has 106 heavy (non-hydrogen) atoms. The SMILES string of the molecule is C=C1[C@H](CO)[C@@H](O)C[C@@H]1n1cnc2c(=O)[nH]c(C)nc21.CC(C)(C)C(=O)OCOP(=O)(COCCn1cnc2c(N)ccnc21)OCOC(=O)C(C)(C)C.CC(C)OC(=O)OCOP(=O)(CO[C@H](C)Cn1cnc2c(N)ccnc21)OCOC(=O)OC(C)C.Cc1cn([C@@H]2CC(O)[C@H](CO)O2)c(=O)[nH]c1=O. The van der Waals surface area contributed by atoms with Crippen molar-refractivity contribution in [2.45, 2.75) is 165 Å². The van der Waals surface area contributed by atoms with Gasteiger partial charge in [0.2, 0.25) is 27.2 Å². The first kappa shape index (κ1) is 86.0. The van der Waals surface area contributed by atoms with Gasteiger partial charge in [-0.05, 0) is 114 Å². The maximum atomic E-state index is 13.1. The minimum absolute atomic E-state index is 0.113. The highest BCUT2D eigenvalue weighted by Crippen LogP contribution is 2.49. The van der Waals surface area contributed by atoms with E-state index in [1.807, 2.05) is 0 Å².